The molecule has 1 rings (SSSR count). The van der Waals surface area contributed by atoms with Crippen molar-refractivity contribution in [3.63, 3.8) is 0 Å². The van der Waals surface area contributed by atoms with Crippen LogP contribution in [0.2, 0.25) is 0 Å². The quantitative estimate of drug-likeness (QED) is 0.107. The second-order valence-electron chi connectivity index (χ2n) is 3.60. The Hall–Kier alpha value is -1.36. The molecule has 0 aliphatic rings. The van der Waals surface area contributed by atoms with Gasteiger partial charge < -0.3 is 34.1 Å². The van der Waals surface area contributed by atoms with Crippen molar-refractivity contribution in [2.75, 3.05) is 18.5 Å². The molecule has 1 aromatic carbocycles. The van der Waals surface area contributed by atoms with Crippen molar-refractivity contribution in [1.29, 1.82) is 0 Å². The zero-order valence-electron chi connectivity index (χ0n) is 12.2. The van der Waals surface area contributed by atoms with Crippen molar-refractivity contribution in [3.8, 4) is 0 Å². The number of nitrogens with one attached hydrogen (secondary N) is 1. The average molecular weight is 408 g/mol. The average Bonchev–Trinajstić information content (AvgIpc) is 2.32. The van der Waals surface area contributed by atoms with Crippen LogP contribution in [0, 0.1) is 10.1 Å². The predicted octanol–water partition coefficient (Wildman–Crippen LogP) is -8.14. The minimum atomic E-state index is -5.13. The van der Waals surface area contributed by atoms with Gasteiger partial charge in [-0.2, -0.15) is 4.31 Å². The molecule has 0 saturated carbocycles. The van der Waals surface area contributed by atoms with Gasteiger partial charge in [-0.15, -0.1) is 0 Å². The van der Waals surface area contributed by atoms with E-state index in [1.54, 1.807) is 0 Å². The molecule has 1 atom stereocenters. The Kier molecular flexibility index (Phi) is 16.2. The van der Waals surface area contributed by atoms with Crippen LogP contribution in [-0.2, 0) is 18.0 Å². The number of nitro groups is 1. The summed E-state index contributed by atoms with van der Waals surface area (Å²) in [5.41, 5.74) is 0.402. The van der Waals surface area contributed by atoms with Crippen LogP contribution in [0.1, 0.15) is 0 Å². The van der Waals surface area contributed by atoms with E-state index >= 15 is 0 Å². The molecule has 0 bridgehead atoms. The molecule has 0 aliphatic heterocycles. The van der Waals surface area contributed by atoms with Gasteiger partial charge in [0.25, 0.3) is 5.69 Å². The van der Waals surface area contributed by atoms with Crippen LogP contribution in [0.15, 0.2) is 24.3 Å². The minimum Gasteiger partial charge on any atom is -1.00 e. The van der Waals surface area contributed by atoms with Crippen molar-refractivity contribution in [3.05, 3.63) is 34.4 Å². The Morgan fingerprint density at radius 1 is 1.08 bits per heavy atom. The number of nitro benzene ring substituents is 1. The Labute approximate surface area is 142 Å². The minimum absolute atomic E-state index is 0. The number of benzene rings is 1. The van der Waals surface area contributed by atoms with E-state index in [1.807, 2.05) is 0 Å². The zero-order chi connectivity index (χ0) is 16.1. The molecule has 0 amide bonds. The van der Waals surface area contributed by atoms with E-state index in [4.69, 9.17) is 14.7 Å². The zero-order valence-corrected chi connectivity index (χ0v) is 14.0. The van der Waals surface area contributed by atoms with Crippen LogP contribution in [0.5, 0.6) is 0 Å². The first-order chi connectivity index (χ1) is 9.59. The maximum atomic E-state index is 11.1. The molecular weight excluding hydrogens is 396 g/mol. The number of rotatable bonds is 8. The van der Waals surface area contributed by atoms with Gasteiger partial charge in [0.1, 0.15) is 0 Å². The fourth-order valence-corrected chi connectivity index (χ4v) is 2.80. The van der Waals surface area contributed by atoms with Crippen molar-refractivity contribution >= 4 is 37.1 Å². The SMILES string of the molecule is O=[N+]([O-])c1ccc(NCCOP(=O)(O)OP(=O)(O)O)cc1.[Be].[F-].[F-].[F-]. The normalized spacial score (nSPS) is 12.1. The molecular formula is C8H12BeF3N2O9P2-3. The van der Waals surface area contributed by atoms with Gasteiger partial charge in [-0.25, -0.2) is 9.13 Å². The van der Waals surface area contributed by atoms with Gasteiger partial charge in [-0.1, -0.05) is 0 Å². The second kappa shape index (κ2) is 12.9. The number of nitrogens with zero attached hydrogens (tertiary/aromatic N) is 1. The first kappa shape index (κ1) is 31.4. The number of phosphoric ester groups is 1. The van der Waals surface area contributed by atoms with Crippen molar-refractivity contribution in [2.45, 2.75) is 0 Å². The van der Waals surface area contributed by atoms with E-state index in [-0.39, 0.29) is 43.1 Å². The van der Waals surface area contributed by atoms with E-state index in [2.05, 4.69) is 14.2 Å². The Morgan fingerprint density at radius 2 is 1.56 bits per heavy atom. The molecule has 0 spiro atoms. The molecule has 1 unspecified atom stereocenters. The van der Waals surface area contributed by atoms with Gasteiger partial charge in [0.05, 0.1) is 11.5 Å². The molecule has 17 heteroatoms. The first-order valence-corrected chi connectivity index (χ1v) is 8.34. The fraction of sp³-hybridized carbons (Fsp3) is 0.250. The molecule has 4 N–H and O–H groups in total. The Bertz CT molecular complexity index is 603. The summed E-state index contributed by atoms with van der Waals surface area (Å²) in [6.45, 7) is -0.377. The van der Waals surface area contributed by atoms with Crippen LogP contribution in [0.3, 0.4) is 0 Å². The number of hydrogen-bond donors (Lipinski definition) is 4. The smallest absolute Gasteiger partial charge is 0.481 e. The van der Waals surface area contributed by atoms with Gasteiger partial charge in [0, 0.05) is 34.5 Å². The number of halogens is 3. The number of phosphoric acid groups is 2. The molecule has 0 fully saturated rings. The van der Waals surface area contributed by atoms with Crippen molar-refractivity contribution < 1.29 is 51.7 Å². The number of hydrogen-bond acceptors (Lipinski definition) is 7. The summed E-state index contributed by atoms with van der Waals surface area (Å²) in [7, 11) is -9.98. The molecule has 144 valence electrons. The molecule has 1 aromatic rings. The van der Waals surface area contributed by atoms with E-state index in [0.29, 0.717) is 5.69 Å². The monoisotopic (exact) mass is 408 g/mol. The standard InChI is InChI=1S/C8H12N2O9P2.Be.3FH/c11-10(12)8-3-1-7(2-4-8)9-5-6-18-21(16,17)19-20(13,14)15;;;;/h1-4,9H,5-6H2,(H,16,17)(H2,13,14,15);;3*1H/p-3. The molecule has 0 aromatic heterocycles. The topological polar surface area (TPSA) is 168 Å². The summed E-state index contributed by atoms with van der Waals surface area (Å²) < 4.78 is 29.3. The van der Waals surface area contributed by atoms with Gasteiger partial charge in [-0.3, -0.25) is 14.6 Å². The summed E-state index contributed by atoms with van der Waals surface area (Å²) in [5.74, 6) is 0. The third kappa shape index (κ3) is 13.6. The first-order valence-electron chi connectivity index (χ1n) is 5.32. The fourth-order valence-electron chi connectivity index (χ4n) is 1.22. The molecule has 0 saturated heterocycles. The molecule has 2 radical (unpaired) electrons. The Morgan fingerprint density at radius 3 is 1.96 bits per heavy atom. The summed E-state index contributed by atoms with van der Waals surface area (Å²) in [4.78, 5) is 35.6. The maximum absolute atomic E-state index is 11.1. The van der Waals surface area contributed by atoms with Crippen molar-refractivity contribution in [2.24, 2.45) is 0 Å². The Balaban J connectivity index is -0.000000551. The van der Waals surface area contributed by atoms with Gasteiger partial charge in [0.2, 0.25) is 0 Å². The molecule has 0 aliphatic carbocycles. The summed E-state index contributed by atoms with van der Waals surface area (Å²) in [5, 5.41) is 13.1. The van der Waals surface area contributed by atoms with Crippen LogP contribution in [0.25, 0.3) is 0 Å². The number of non-ortho nitro benzene ring substituents is 1. The van der Waals surface area contributed by atoms with E-state index in [1.165, 1.54) is 24.3 Å². The van der Waals surface area contributed by atoms with Crippen LogP contribution in [-0.4, -0.2) is 42.9 Å². The summed E-state index contributed by atoms with van der Waals surface area (Å²) in [6.07, 6.45) is 0. The molecule has 25 heavy (non-hydrogen) atoms. The second-order valence-corrected chi connectivity index (χ2v) is 6.43. The molecule has 0 heterocycles. The number of anilines is 1. The molecule has 11 nitrogen and oxygen atoms in total. The third-order valence-electron chi connectivity index (χ3n) is 1.97. The summed E-state index contributed by atoms with van der Waals surface area (Å²) in [6, 6.07) is 5.36. The van der Waals surface area contributed by atoms with E-state index < -0.39 is 20.6 Å². The summed E-state index contributed by atoms with van der Waals surface area (Å²) >= 11 is 0. The third-order valence-corrected chi connectivity index (χ3v) is 4.16. The van der Waals surface area contributed by atoms with E-state index in [0.717, 1.165) is 0 Å². The largest absolute Gasteiger partial charge is 1.00 e. The predicted molar refractivity (Wildman–Crippen MR) is 76.2 cm³/mol. The maximum Gasteiger partial charge on any atom is 0.481 e. The van der Waals surface area contributed by atoms with Crippen LogP contribution < -0.4 is 19.4 Å². The van der Waals surface area contributed by atoms with Crippen molar-refractivity contribution in [1.82, 2.24) is 0 Å². The van der Waals surface area contributed by atoms with Crippen LogP contribution in [0.4, 0.5) is 11.4 Å². The van der Waals surface area contributed by atoms with E-state index in [9.17, 15) is 19.2 Å². The van der Waals surface area contributed by atoms with Crippen LogP contribution >= 0.6 is 15.6 Å². The van der Waals surface area contributed by atoms with Gasteiger partial charge in [-0.05, 0) is 12.1 Å². The van der Waals surface area contributed by atoms with Gasteiger partial charge >= 0.3 is 15.6 Å². The van der Waals surface area contributed by atoms with Gasteiger partial charge in [0.15, 0.2) is 0 Å².